The quantitative estimate of drug-likeness (QED) is 0.637. The van der Waals surface area contributed by atoms with Crippen LogP contribution in [0.3, 0.4) is 0 Å². The molecule has 0 aromatic carbocycles. The summed E-state index contributed by atoms with van der Waals surface area (Å²) in [6.45, 7) is 1.77. The number of aliphatic hydroxyl groups is 2. The molecule has 1 aliphatic heterocycles. The summed E-state index contributed by atoms with van der Waals surface area (Å²) in [5, 5.41) is 18.8. The van der Waals surface area contributed by atoms with E-state index in [4.69, 9.17) is 9.84 Å². The molecule has 1 saturated heterocycles. The van der Waals surface area contributed by atoms with Crippen LogP contribution in [0, 0.1) is 0 Å². The van der Waals surface area contributed by atoms with Gasteiger partial charge in [0.1, 0.15) is 12.3 Å². The molecule has 21 heavy (non-hydrogen) atoms. The lowest BCUT2D eigenvalue weighted by atomic mass is 10.1. The first-order valence-electron chi connectivity index (χ1n) is 7.35. The summed E-state index contributed by atoms with van der Waals surface area (Å²) in [6.07, 6.45) is 3.09. The van der Waals surface area contributed by atoms with E-state index >= 15 is 0 Å². The van der Waals surface area contributed by atoms with Gasteiger partial charge in [-0.3, -0.25) is 14.3 Å². The van der Waals surface area contributed by atoms with E-state index in [1.165, 1.54) is 10.8 Å². The summed E-state index contributed by atoms with van der Waals surface area (Å²) in [6, 6.07) is 0. The second-order valence-electron chi connectivity index (χ2n) is 5.39. The Morgan fingerprint density at radius 2 is 2.19 bits per heavy atom. The zero-order chi connectivity index (χ0) is 15.4. The number of aromatic amines is 1. The third-order valence-corrected chi connectivity index (χ3v) is 3.79. The summed E-state index contributed by atoms with van der Waals surface area (Å²) in [5.41, 5.74) is -0.395. The molecule has 0 radical (unpaired) electrons. The number of H-pyrrole nitrogens is 1. The predicted octanol–water partition coefficient (Wildman–Crippen LogP) is -0.0900. The fourth-order valence-corrected chi connectivity index (χ4v) is 2.53. The molecular weight excluding hydrogens is 276 g/mol. The van der Waals surface area contributed by atoms with Crippen molar-refractivity contribution in [1.29, 1.82) is 0 Å². The van der Waals surface area contributed by atoms with E-state index in [1.54, 1.807) is 0 Å². The number of hydrogen-bond acceptors (Lipinski definition) is 5. The highest BCUT2D eigenvalue weighted by Crippen LogP contribution is 2.27. The number of aromatic nitrogens is 2. The summed E-state index contributed by atoms with van der Waals surface area (Å²) in [4.78, 5) is 26.0. The lowest BCUT2D eigenvalue weighted by molar-refractivity contribution is -0.0460. The second kappa shape index (κ2) is 7.02. The van der Waals surface area contributed by atoms with E-state index in [-0.39, 0.29) is 18.6 Å². The highest BCUT2D eigenvalue weighted by atomic mass is 16.5. The van der Waals surface area contributed by atoms with Crippen molar-refractivity contribution < 1.29 is 14.9 Å². The molecular formula is C14H22N2O5. The van der Waals surface area contributed by atoms with E-state index in [0.29, 0.717) is 12.0 Å². The van der Waals surface area contributed by atoms with Crippen LogP contribution in [0.25, 0.3) is 0 Å². The van der Waals surface area contributed by atoms with Crippen molar-refractivity contribution in [2.24, 2.45) is 0 Å². The molecule has 0 spiro atoms. The summed E-state index contributed by atoms with van der Waals surface area (Å²) >= 11 is 0. The number of unbranched alkanes of at least 4 members (excludes halogenated alkanes) is 2. The van der Waals surface area contributed by atoms with Crippen molar-refractivity contribution in [2.45, 2.75) is 57.5 Å². The maximum Gasteiger partial charge on any atom is 0.330 e. The van der Waals surface area contributed by atoms with Crippen molar-refractivity contribution >= 4 is 0 Å². The molecule has 118 valence electrons. The minimum absolute atomic E-state index is 0.214. The van der Waals surface area contributed by atoms with Gasteiger partial charge in [-0.2, -0.15) is 0 Å². The average molecular weight is 298 g/mol. The van der Waals surface area contributed by atoms with Gasteiger partial charge in [-0.15, -0.1) is 0 Å². The number of aryl methyl sites for hydroxylation is 1. The van der Waals surface area contributed by atoms with Gasteiger partial charge in [-0.05, 0) is 12.8 Å². The number of nitrogens with one attached hydrogen (secondary N) is 1. The monoisotopic (exact) mass is 298 g/mol. The van der Waals surface area contributed by atoms with Crippen LogP contribution in [-0.4, -0.2) is 38.6 Å². The lowest BCUT2D eigenvalue weighted by Gasteiger charge is -2.15. The molecule has 2 rings (SSSR count). The zero-order valence-corrected chi connectivity index (χ0v) is 12.1. The molecule has 3 N–H and O–H groups in total. The first-order valence-corrected chi connectivity index (χ1v) is 7.35. The van der Waals surface area contributed by atoms with Gasteiger partial charge in [0.05, 0.1) is 12.7 Å². The number of nitrogens with zero attached hydrogens (tertiary/aromatic N) is 1. The smallest absolute Gasteiger partial charge is 0.330 e. The summed E-state index contributed by atoms with van der Waals surface area (Å²) in [7, 11) is 0. The van der Waals surface area contributed by atoms with Crippen LogP contribution in [0.5, 0.6) is 0 Å². The topological polar surface area (TPSA) is 105 Å². The molecule has 7 nitrogen and oxygen atoms in total. The second-order valence-corrected chi connectivity index (χ2v) is 5.39. The van der Waals surface area contributed by atoms with Crippen LogP contribution < -0.4 is 11.2 Å². The van der Waals surface area contributed by atoms with Gasteiger partial charge in [0.25, 0.3) is 5.56 Å². The van der Waals surface area contributed by atoms with Crippen molar-refractivity contribution in [3.63, 3.8) is 0 Å². The normalized spacial score (nSPS) is 25.4. The first kappa shape index (κ1) is 15.9. The fraction of sp³-hybridized carbons (Fsp3) is 0.714. The van der Waals surface area contributed by atoms with Crippen LogP contribution in [-0.2, 0) is 11.2 Å². The van der Waals surface area contributed by atoms with Gasteiger partial charge in [0.2, 0.25) is 0 Å². The highest BCUT2D eigenvalue weighted by Gasteiger charge is 2.35. The molecule has 0 aliphatic carbocycles. The van der Waals surface area contributed by atoms with E-state index in [1.807, 2.05) is 0 Å². The largest absolute Gasteiger partial charge is 0.394 e. The van der Waals surface area contributed by atoms with Crippen LogP contribution in [0.2, 0.25) is 0 Å². The summed E-state index contributed by atoms with van der Waals surface area (Å²) < 4.78 is 6.74. The molecule has 1 aliphatic rings. The number of rotatable bonds is 6. The SMILES string of the molecule is CCCCCc1cn([C@@H]2CC(O)[C@H](CO)O2)c(=O)[nH]c1=O. The Labute approximate surface area is 122 Å². The Morgan fingerprint density at radius 1 is 1.43 bits per heavy atom. The first-order chi connectivity index (χ1) is 10.1. The van der Waals surface area contributed by atoms with Crippen molar-refractivity contribution in [1.82, 2.24) is 9.55 Å². The van der Waals surface area contributed by atoms with E-state index in [9.17, 15) is 14.7 Å². The third-order valence-electron chi connectivity index (χ3n) is 3.79. The molecule has 1 fully saturated rings. The fourth-order valence-electron chi connectivity index (χ4n) is 2.53. The Kier molecular flexibility index (Phi) is 5.33. The van der Waals surface area contributed by atoms with E-state index in [2.05, 4.69) is 11.9 Å². The van der Waals surface area contributed by atoms with Gasteiger partial charge >= 0.3 is 5.69 Å². The van der Waals surface area contributed by atoms with E-state index in [0.717, 1.165) is 19.3 Å². The van der Waals surface area contributed by atoms with Crippen molar-refractivity contribution in [2.75, 3.05) is 6.61 Å². The van der Waals surface area contributed by atoms with Crippen molar-refractivity contribution in [3.8, 4) is 0 Å². The lowest BCUT2D eigenvalue weighted by Crippen LogP contribution is -2.34. The number of hydrogen-bond donors (Lipinski definition) is 3. The summed E-state index contributed by atoms with van der Waals surface area (Å²) in [5.74, 6) is 0. The van der Waals surface area contributed by atoms with Gasteiger partial charge in [0.15, 0.2) is 0 Å². The maximum atomic E-state index is 11.9. The van der Waals surface area contributed by atoms with Gasteiger partial charge in [0, 0.05) is 18.2 Å². The van der Waals surface area contributed by atoms with Gasteiger partial charge < -0.3 is 14.9 Å². The molecule has 0 saturated carbocycles. The Hall–Kier alpha value is -1.44. The third kappa shape index (κ3) is 3.61. The van der Waals surface area contributed by atoms with Crippen LogP contribution in [0.4, 0.5) is 0 Å². The Morgan fingerprint density at radius 3 is 2.81 bits per heavy atom. The minimum atomic E-state index is -0.817. The minimum Gasteiger partial charge on any atom is -0.394 e. The molecule has 1 unspecified atom stereocenters. The zero-order valence-electron chi connectivity index (χ0n) is 12.1. The molecule has 1 aromatic heterocycles. The molecule has 3 atom stereocenters. The number of ether oxygens (including phenoxy) is 1. The molecule has 2 heterocycles. The average Bonchev–Trinajstić information content (AvgIpc) is 2.82. The number of aliphatic hydroxyl groups excluding tert-OH is 2. The molecule has 7 heteroatoms. The van der Waals surface area contributed by atoms with E-state index < -0.39 is 24.1 Å². The maximum absolute atomic E-state index is 11.9. The standard InChI is InChI=1S/C14H22N2O5/c1-2-3-4-5-9-7-16(14(20)15-13(9)19)12-6-10(18)11(8-17)21-12/h7,10-12,17-18H,2-6,8H2,1H3,(H,15,19,20)/t10?,11-,12-/m0/s1. The molecule has 0 amide bonds. The highest BCUT2D eigenvalue weighted by molar-refractivity contribution is 5.05. The van der Waals surface area contributed by atoms with Crippen LogP contribution in [0.15, 0.2) is 15.8 Å². The van der Waals surface area contributed by atoms with Crippen LogP contribution in [0.1, 0.15) is 44.4 Å². The molecule has 0 bridgehead atoms. The van der Waals surface area contributed by atoms with Crippen molar-refractivity contribution in [3.05, 3.63) is 32.6 Å². The Bertz CT molecular complexity index is 579. The van der Waals surface area contributed by atoms with Crippen LogP contribution >= 0.6 is 0 Å². The van der Waals surface area contributed by atoms with Gasteiger partial charge in [-0.1, -0.05) is 19.8 Å². The predicted molar refractivity (Wildman–Crippen MR) is 76.2 cm³/mol. The Balaban J connectivity index is 2.22. The van der Waals surface area contributed by atoms with Gasteiger partial charge in [-0.25, -0.2) is 4.79 Å². The molecule has 1 aromatic rings.